The number of piperazine rings is 1. The highest BCUT2D eigenvalue weighted by molar-refractivity contribution is 6.03. The van der Waals surface area contributed by atoms with E-state index >= 15 is 0 Å². The van der Waals surface area contributed by atoms with Crippen molar-refractivity contribution in [3.63, 3.8) is 0 Å². The van der Waals surface area contributed by atoms with Crippen LogP contribution in [0.2, 0.25) is 0 Å². The average Bonchev–Trinajstić information content (AvgIpc) is 2.31. The Hall–Kier alpha value is -1.69. The van der Waals surface area contributed by atoms with E-state index in [0.29, 0.717) is 18.8 Å². The number of nitrogens with zero attached hydrogens (tertiary/aromatic N) is 2. The maximum Gasteiger partial charge on any atom is 0.248 e. The molecule has 0 spiro atoms. The molecule has 0 bridgehead atoms. The number of anilines is 2. The number of fused-ring (bicyclic) bond motifs is 3. The first-order valence-electron chi connectivity index (χ1n) is 5.19. The molecule has 3 rings (SSSR count). The summed E-state index contributed by atoms with van der Waals surface area (Å²) in [6.45, 7) is 2.09. The molecule has 0 radical (unpaired) electrons. The van der Waals surface area contributed by atoms with Crippen LogP contribution in [0, 0.1) is 5.95 Å². The minimum Gasteiger partial charge on any atom is -0.355 e. The smallest absolute Gasteiger partial charge is 0.248 e. The van der Waals surface area contributed by atoms with Crippen LogP contribution < -0.4 is 15.5 Å². The molecule has 1 aromatic rings. The largest absolute Gasteiger partial charge is 0.355 e. The van der Waals surface area contributed by atoms with Crippen LogP contribution in [-0.2, 0) is 4.79 Å². The lowest BCUT2D eigenvalue weighted by Gasteiger charge is -2.40. The maximum atomic E-state index is 13.1. The monoisotopic (exact) mass is 222 g/mol. The molecule has 5 nitrogen and oxygen atoms in total. The molecule has 2 aliphatic heterocycles. The van der Waals surface area contributed by atoms with Gasteiger partial charge in [0.1, 0.15) is 6.04 Å². The number of carbonyl (C=O) groups excluding carboxylic acids is 1. The number of aromatic nitrogens is 1. The minimum atomic E-state index is -0.521. The number of carbonyl (C=O) groups is 1. The van der Waals surface area contributed by atoms with Gasteiger partial charge < -0.3 is 15.5 Å². The van der Waals surface area contributed by atoms with Crippen molar-refractivity contribution in [2.75, 3.05) is 29.9 Å². The topological polar surface area (TPSA) is 57.3 Å². The van der Waals surface area contributed by atoms with Crippen LogP contribution in [0.3, 0.4) is 0 Å². The number of halogens is 1. The molecule has 2 aliphatic rings. The van der Waals surface area contributed by atoms with Crippen LogP contribution in [0.25, 0.3) is 0 Å². The number of pyridine rings is 1. The van der Waals surface area contributed by atoms with E-state index in [1.165, 1.54) is 12.3 Å². The third kappa shape index (κ3) is 1.34. The van der Waals surface area contributed by atoms with Gasteiger partial charge >= 0.3 is 0 Å². The molecule has 3 heterocycles. The summed E-state index contributed by atoms with van der Waals surface area (Å²) in [6.07, 6.45) is 1.36. The van der Waals surface area contributed by atoms with Crippen LogP contribution >= 0.6 is 0 Å². The third-order valence-corrected chi connectivity index (χ3v) is 2.96. The van der Waals surface area contributed by atoms with Crippen molar-refractivity contribution >= 4 is 17.3 Å². The van der Waals surface area contributed by atoms with E-state index in [-0.39, 0.29) is 11.9 Å². The summed E-state index contributed by atoms with van der Waals surface area (Å²) in [5, 5.41) is 5.88. The molecule has 1 aromatic heterocycles. The number of hydrogen-bond acceptors (Lipinski definition) is 4. The van der Waals surface area contributed by atoms with Gasteiger partial charge in [-0.2, -0.15) is 4.39 Å². The summed E-state index contributed by atoms with van der Waals surface area (Å²) in [5.74, 6) is -0.583. The Morgan fingerprint density at radius 2 is 2.44 bits per heavy atom. The van der Waals surface area contributed by atoms with Crippen molar-refractivity contribution in [2.24, 2.45) is 0 Å². The summed E-state index contributed by atoms with van der Waals surface area (Å²) in [7, 11) is 0. The molecule has 0 saturated carbocycles. The first-order chi connectivity index (χ1) is 7.75. The average molecular weight is 222 g/mol. The molecule has 2 N–H and O–H groups in total. The standard InChI is InChI=1S/C10H11FN4O/c11-9-3-7-6(4-13-9)14-10(16)8-5-12-1-2-15(7)8/h3-4,8,12H,1-2,5H2,(H,14,16)/t8-/m0/s1. The fraction of sp³-hybridized carbons (Fsp3) is 0.400. The molecule has 0 unspecified atom stereocenters. The summed E-state index contributed by atoms with van der Waals surface area (Å²) in [5.41, 5.74) is 1.31. The van der Waals surface area contributed by atoms with Crippen molar-refractivity contribution in [2.45, 2.75) is 6.04 Å². The van der Waals surface area contributed by atoms with E-state index in [4.69, 9.17) is 0 Å². The molecule has 0 aromatic carbocycles. The van der Waals surface area contributed by atoms with Gasteiger partial charge in [-0.3, -0.25) is 4.79 Å². The lowest BCUT2D eigenvalue weighted by atomic mass is 10.1. The highest BCUT2D eigenvalue weighted by Crippen LogP contribution is 2.32. The van der Waals surface area contributed by atoms with Crippen molar-refractivity contribution in [3.8, 4) is 0 Å². The van der Waals surface area contributed by atoms with Gasteiger partial charge in [0.25, 0.3) is 0 Å². The lowest BCUT2D eigenvalue weighted by Crippen LogP contribution is -2.58. The normalized spacial score (nSPS) is 23.4. The molecule has 0 aliphatic carbocycles. The van der Waals surface area contributed by atoms with E-state index in [0.717, 1.165) is 12.2 Å². The van der Waals surface area contributed by atoms with Crippen molar-refractivity contribution in [1.29, 1.82) is 0 Å². The summed E-state index contributed by atoms with van der Waals surface area (Å²) in [4.78, 5) is 17.2. The zero-order valence-electron chi connectivity index (χ0n) is 8.53. The first-order valence-corrected chi connectivity index (χ1v) is 5.19. The molecule has 1 amide bonds. The van der Waals surface area contributed by atoms with Crippen LogP contribution in [0.4, 0.5) is 15.8 Å². The molecule has 1 fully saturated rings. The van der Waals surface area contributed by atoms with E-state index in [1.807, 2.05) is 4.90 Å². The molecular formula is C10H11FN4O. The van der Waals surface area contributed by atoms with E-state index in [1.54, 1.807) is 0 Å². The number of nitrogens with one attached hydrogen (secondary N) is 2. The lowest BCUT2D eigenvalue weighted by molar-refractivity contribution is -0.117. The highest BCUT2D eigenvalue weighted by Gasteiger charge is 2.34. The van der Waals surface area contributed by atoms with Gasteiger partial charge in [0.05, 0.1) is 17.6 Å². The highest BCUT2D eigenvalue weighted by atomic mass is 19.1. The first kappa shape index (κ1) is 9.53. The van der Waals surface area contributed by atoms with E-state index in [2.05, 4.69) is 15.6 Å². The van der Waals surface area contributed by atoms with Crippen LogP contribution in [0.5, 0.6) is 0 Å². The van der Waals surface area contributed by atoms with E-state index < -0.39 is 5.95 Å². The zero-order chi connectivity index (χ0) is 11.1. The zero-order valence-corrected chi connectivity index (χ0v) is 8.53. The SMILES string of the molecule is O=C1Nc2cnc(F)cc2N2CCNC[C@@H]12. The Labute approximate surface area is 91.7 Å². The Bertz CT molecular complexity index is 450. The van der Waals surface area contributed by atoms with E-state index in [9.17, 15) is 9.18 Å². The molecule has 1 atom stereocenters. The van der Waals surface area contributed by atoms with Crippen molar-refractivity contribution in [1.82, 2.24) is 10.3 Å². The fourth-order valence-electron chi connectivity index (χ4n) is 2.20. The molecule has 84 valence electrons. The second-order valence-corrected chi connectivity index (χ2v) is 3.93. The summed E-state index contributed by atoms with van der Waals surface area (Å²) < 4.78 is 13.1. The second kappa shape index (κ2) is 3.41. The summed E-state index contributed by atoms with van der Waals surface area (Å²) in [6, 6.07) is 1.12. The summed E-state index contributed by atoms with van der Waals surface area (Å²) >= 11 is 0. The Balaban J connectivity index is 2.07. The number of amides is 1. The fourth-order valence-corrected chi connectivity index (χ4v) is 2.20. The van der Waals surface area contributed by atoms with Crippen LogP contribution in [0.15, 0.2) is 12.3 Å². The molecule has 16 heavy (non-hydrogen) atoms. The number of rotatable bonds is 0. The molecule has 1 saturated heterocycles. The second-order valence-electron chi connectivity index (χ2n) is 3.93. The van der Waals surface area contributed by atoms with Gasteiger partial charge in [0, 0.05) is 25.7 Å². The maximum absolute atomic E-state index is 13.1. The molecular weight excluding hydrogens is 211 g/mol. The Kier molecular flexibility index (Phi) is 2.03. The van der Waals surface area contributed by atoms with Crippen LogP contribution in [-0.4, -0.2) is 36.6 Å². The van der Waals surface area contributed by atoms with Crippen molar-refractivity contribution in [3.05, 3.63) is 18.2 Å². The predicted octanol–water partition coefficient (Wildman–Crippen LogP) is -0.0490. The van der Waals surface area contributed by atoms with Gasteiger partial charge in [-0.25, -0.2) is 4.98 Å². The number of hydrogen-bond donors (Lipinski definition) is 2. The third-order valence-electron chi connectivity index (χ3n) is 2.96. The Morgan fingerprint density at radius 3 is 3.31 bits per heavy atom. The van der Waals surface area contributed by atoms with Gasteiger partial charge in [0.2, 0.25) is 11.9 Å². The van der Waals surface area contributed by atoms with Crippen molar-refractivity contribution < 1.29 is 9.18 Å². The van der Waals surface area contributed by atoms with Gasteiger partial charge in [-0.1, -0.05) is 0 Å². The Morgan fingerprint density at radius 1 is 1.56 bits per heavy atom. The van der Waals surface area contributed by atoms with Gasteiger partial charge in [0.15, 0.2) is 0 Å². The predicted molar refractivity (Wildman–Crippen MR) is 56.8 cm³/mol. The van der Waals surface area contributed by atoms with Gasteiger partial charge in [-0.15, -0.1) is 0 Å². The molecule has 6 heteroatoms. The van der Waals surface area contributed by atoms with Gasteiger partial charge in [-0.05, 0) is 0 Å². The quantitative estimate of drug-likeness (QED) is 0.604. The minimum absolute atomic E-state index is 0.0619. The van der Waals surface area contributed by atoms with Crippen LogP contribution in [0.1, 0.15) is 0 Å².